The van der Waals surface area contributed by atoms with Gasteiger partial charge in [0.05, 0.1) is 18.2 Å². The molecular formula is C29H29NO5. The number of phenols is 1. The third kappa shape index (κ3) is 5.06. The lowest BCUT2D eigenvalue weighted by molar-refractivity contribution is -0.132. The van der Waals surface area contributed by atoms with E-state index >= 15 is 0 Å². The Bertz CT molecular complexity index is 1260. The van der Waals surface area contributed by atoms with E-state index in [0.29, 0.717) is 29.2 Å². The molecule has 1 aliphatic rings. The lowest BCUT2D eigenvalue weighted by atomic mass is 9.95. The van der Waals surface area contributed by atoms with Crippen LogP contribution < -0.4 is 9.64 Å². The number of amides is 1. The second kappa shape index (κ2) is 10.5. The van der Waals surface area contributed by atoms with Crippen molar-refractivity contribution < 1.29 is 24.5 Å². The van der Waals surface area contributed by atoms with Gasteiger partial charge < -0.3 is 14.9 Å². The number of unbranched alkanes of at least 4 members (excludes halogenated alkanes) is 2. The van der Waals surface area contributed by atoms with Crippen LogP contribution in [-0.4, -0.2) is 28.5 Å². The molecule has 1 amide bonds. The van der Waals surface area contributed by atoms with Crippen molar-refractivity contribution in [3.63, 3.8) is 0 Å². The van der Waals surface area contributed by atoms with Crippen LogP contribution in [0.5, 0.6) is 11.5 Å². The fraction of sp³-hybridized carbons (Fsp3) is 0.241. The molecule has 0 spiro atoms. The van der Waals surface area contributed by atoms with Crippen LogP contribution in [-0.2, 0) is 9.59 Å². The number of carbonyl (C=O) groups is 2. The van der Waals surface area contributed by atoms with E-state index in [1.807, 2.05) is 25.1 Å². The van der Waals surface area contributed by atoms with Crippen LogP contribution in [0, 0.1) is 6.92 Å². The number of benzene rings is 3. The molecule has 0 aliphatic carbocycles. The molecule has 4 rings (SSSR count). The van der Waals surface area contributed by atoms with Crippen molar-refractivity contribution in [3.8, 4) is 11.5 Å². The van der Waals surface area contributed by atoms with E-state index in [4.69, 9.17) is 4.74 Å². The lowest BCUT2D eigenvalue weighted by Gasteiger charge is -2.25. The number of aliphatic hydroxyl groups is 1. The Morgan fingerprint density at radius 1 is 0.971 bits per heavy atom. The predicted octanol–water partition coefficient (Wildman–Crippen LogP) is 5.90. The molecule has 6 heteroatoms. The Morgan fingerprint density at radius 3 is 2.40 bits per heavy atom. The van der Waals surface area contributed by atoms with Crippen LogP contribution in [0.15, 0.2) is 78.4 Å². The summed E-state index contributed by atoms with van der Waals surface area (Å²) in [6.07, 6.45) is 3.16. The molecule has 1 unspecified atom stereocenters. The van der Waals surface area contributed by atoms with Gasteiger partial charge in [-0.25, -0.2) is 0 Å². The van der Waals surface area contributed by atoms with E-state index in [-0.39, 0.29) is 17.1 Å². The Morgan fingerprint density at radius 2 is 1.71 bits per heavy atom. The normalized spacial score (nSPS) is 17.1. The molecule has 35 heavy (non-hydrogen) atoms. The Kier molecular flexibility index (Phi) is 7.20. The third-order valence-electron chi connectivity index (χ3n) is 6.05. The maximum absolute atomic E-state index is 13.2. The van der Waals surface area contributed by atoms with Gasteiger partial charge in [0.1, 0.15) is 17.3 Å². The molecule has 1 atom stereocenters. The molecule has 3 aromatic carbocycles. The molecule has 1 fully saturated rings. The van der Waals surface area contributed by atoms with Gasteiger partial charge in [0.25, 0.3) is 11.7 Å². The van der Waals surface area contributed by atoms with Gasteiger partial charge in [-0.15, -0.1) is 0 Å². The van der Waals surface area contributed by atoms with Crippen molar-refractivity contribution in [2.75, 3.05) is 11.5 Å². The van der Waals surface area contributed by atoms with Crippen molar-refractivity contribution in [2.45, 2.75) is 39.2 Å². The average molecular weight is 472 g/mol. The minimum Gasteiger partial charge on any atom is -0.508 e. The standard InChI is InChI=1S/C29H29NO5/c1-3-4-5-16-35-24-14-12-20(13-15-24)27(32)25-26(21-9-7-11-23(31)18-21)30(29(34)28(25)33)22-10-6-8-19(2)17-22/h6-15,17-18,26,31-32H,3-5,16H2,1-2H3/b27-25+. The quantitative estimate of drug-likeness (QED) is 0.185. The van der Waals surface area contributed by atoms with Crippen molar-refractivity contribution in [1.82, 2.24) is 0 Å². The minimum absolute atomic E-state index is 0.00176. The number of hydrogen-bond acceptors (Lipinski definition) is 5. The number of aromatic hydroxyl groups is 1. The number of Topliss-reactive ketones (excluding diaryl/α,β-unsaturated/α-hetero) is 1. The summed E-state index contributed by atoms with van der Waals surface area (Å²) in [7, 11) is 0. The van der Waals surface area contributed by atoms with Gasteiger partial charge >= 0.3 is 0 Å². The number of ether oxygens (including phenoxy) is 1. The van der Waals surface area contributed by atoms with Gasteiger partial charge in [0.2, 0.25) is 0 Å². The maximum Gasteiger partial charge on any atom is 0.300 e. The van der Waals surface area contributed by atoms with Crippen LogP contribution in [0.25, 0.3) is 5.76 Å². The highest BCUT2D eigenvalue weighted by molar-refractivity contribution is 6.51. The van der Waals surface area contributed by atoms with Crippen LogP contribution >= 0.6 is 0 Å². The molecule has 0 bridgehead atoms. The Balaban J connectivity index is 1.76. The van der Waals surface area contributed by atoms with E-state index in [2.05, 4.69) is 6.92 Å². The molecule has 1 heterocycles. The molecule has 1 saturated heterocycles. The summed E-state index contributed by atoms with van der Waals surface area (Å²) in [6, 6.07) is 19.6. The summed E-state index contributed by atoms with van der Waals surface area (Å²) in [6.45, 7) is 4.64. The van der Waals surface area contributed by atoms with Gasteiger partial charge in [0, 0.05) is 11.3 Å². The first-order valence-electron chi connectivity index (χ1n) is 11.8. The predicted molar refractivity (Wildman–Crippen MR) is 136 cm³/mol. The van der Waals surface area contributed by atoms with E-state index in [9.17, 15) is 19.8 Å². The van der Waals surface area contributed by atoms with E-state index < -0.39 is 17.7 Å². The zero-order valence-corrected chi connectivity index (χ0v) is 19.9. The monoisotopic (exact) mass is 471 g/mol. The number of aryl methyl sites for hydroxylation is 1. The van der Waals surface area contributed by atoms with E-state index in [0.717, 1.165) is 24.8 Å². The SMILES string of the molecule is CCCCCOc1ccc(/C(O)=C2\C(=O)C(=O)N(c3cccc(C)c3)C2c2cccc(O)c2)cc1. The molecule has 6 nitrogen and oxygen atoms in total. The molecule has 0 radical (unpaired) electrons. The van der Waals surface area contributed by atoms with Crippen LogP contribution in [0.4, 0.5) is 5.69 Å². The summed E-state index contributed by atoms with van der Waals surface area (Å²) in [5.74, 6) is -1.12. The number of rotatable bonds is 8. The number of hydrogen-bond donors (Lipinski definition) is 2. The smallest absolute Gasteiger partial charge is 0.300 e. The Hall–Kier alpha value is -4.06. The highest BCUT2D eigenvalue weighted by Gasteiger charge is 2.47. The van der Waals surface area contributed by atoms with Crippen molar-refractivity contribution in [1.29, 1.82) is 0 Å². The molecule has 0 saturated carbocycles. The van der Waals surface area contributed by atoms with Gasteiger partial charge in [0.15, 0.2) is 0 Å². The summed E-state index contributed by atoms with van der Waals surface area (Å²) in [5, 5.41) is 21.3. The second-order valence-corrected chi connectivity index (χ2v) is 8.68. The molecular weight excluding hydrogens is 442 g/mol. The van der Waals surface area contributed by atoms with Crippen molar-refractivity contribution >= 4 is 23.1 Å². The fourth-order valence-electron chi connectivity index (χ4n) is 4.29. The van der Waals surface area contributed by atoms with Crippen LogP contribution in [0.2, 0.25) is 0 Å². The number of ketones is 1. The zero-order chi connectivity index (χ0) is 24.9. The summed E-state index contributed by atoms with van der Waals surface area (Å²) >= 11 is 0. The minimum atomic E-state index is -0.895. The first-order valence-corrected chi connectivity index (χ1v) is 11.8. The van der Waals surface area contributed by atoms with Crippen molar-refractivity contribution in [2.24, 2.45) is 0 Å². The van der Waals surface area contributed by atoms with Gasteiger partial charge in [-0.3, -0.25) is 14.5 Å². The molecule has 180 valence electrons. The molecule has 0 aromatic heterocycles. The average Bonchev–Trinajstić information content (AvgIpc) is 3.12. The number of carbonyl (C=O) groups excluding carboxylic acids is 2. The number of phenolic OH excluding ortho intramolecular Hbond substituents is 1. The maximum atomic E-state index is 13.2. The largest absolute Gasteiger partial charge is 0.508 e. The third-order valence-corrected chi connectivity index (χ3v) is 6.05. The van der Waals surface area contributed by atoms with E-state index in [1.165, 1.54) is 17.0 Å². The number of nitrogens with zero attached hydrogens (tertiary/aromatic N) is 1. The first kappa shape index (κ1) is 24.1. The molecule has 2 N–H and O–H groups in total. The molecule has 3 aromatic rings. The van der Waals surface area contributed by atoms with Gasteiger partial charge in [-0.2, -0.15) is 0 Å². The van der Waals surface area contributed by atoms with Gasteiger partial charge in [-0.1, -0.05) is 44.0 Å². The second-order valence-electron chi connectivity index (χ2n) is 8.68. The van der Waals surface area contributed by atoms with Crippen molar-refractivity contribution in [3.05, 3.63) is 95.1 Å². The Labute approximate surface area is 205 Å². The highest BCUT2D eigenvalue weighted by Crippen LogP contribution is 2.43. The summed E-state index contributed by atoms with van der Waals surface area (Å²) in [4.78, 5) is 27.8. The molecule has 1 aliphatic heterocycles. The number of aliphatic hydroxyl groups excluding tert-OH is 1. The van der Waals surface area contributed by atoms with Gasteiger partial charge in [-0.05, 0) is 73.0 Å². The highest BCUT2D eigenvalue weighted by atomic mass is 16.5. The summed E-state index contributed by atoms with van der Waals surface area (Å²) in [5.41, 5.74) is 2.35. The zero-order valence-electron chi connectivity index (χ0n) is 19.9. The number of anilines is 1. The van der Waals surface area contributed by atoms with E-state index in [1.54, 1.807) is 42.5 Å². The lowest BCUT2D eigenvalue weighted by Crippen LogP contribution is -2.29. The topological polar surface area (TPSA) is 87.1 Å². The van der Waals surface area contributed by atoms with Crippen LogP contribution in [0.1, 0.15) is 48.9 Å². The summed E-state index contributed by atoms with van der Waals surface area (Å²) < 4.78 is 5.74. The van der Waals surface area contributed by atoms with Crippen LogP contribution in [0.3, 0.4) is 0 Å². The first-order chi connectivity index (χ1) is 16.9. The fourth-order valence-corrected chi connectivity index (χ4v) is 4.29.